The van der Waals surface area contributed by atoms with E-state index in [0.717, 1.165) is 0 Å². The highest BCUT2D eigenvalue weighted by molar-refractivity contribution is 9.10. The maximum Gasteiger partial charge on any atom is 0.310 e. The predicted molar refractivity (Wildman–Crippen MR) is 65.2 cm³/mol. The third-order valence-electron chi connectivity index (χ3n) is 2.07. The van der Waals surface area contributed by atoms with Crippen LogP contribution in [0.25, 0.3) is 0 Å². The zero-order chi connectivity index (χ0) is 13.0. The summed E-state index contributed by atoms with van der Waals surface area (Å²) in [5.41, 5.74) is 0.637. The lowest BCUT2D eigenvalue weighted by molar-refractivity contribution is -0.139. The van der Waals surface area contributed by atoms with Gasteiger partial charge in [0.2, 0.25) is 0 Å². The molecule has 0 unspecified atom stereocenters. The quantitative estimate of drug-likeness (QED) is 0.600. The number of alkyl halides is 3. The van der Waals surface area contributed by atoms with Crippen molar-refractivity contribution in [2.24, 2.45) is 0 Å². The number of nitrogens with zero attached hydrogens (tertiary/aromatic N) is 1. The minimum atomic E-state index is -2.64. The van der Waals surface area contributed by atoms with Crippen LogP contribution >= 0.6 is 31.9 Å². The van der Waals surface area contributed by atoms with Crippen LogP contribution in [0.2, 0.25) is 0 Å². The van der Waals surface area contributed by atoms with Crippen LogP contribution in [0.15, 0.2) is 10.5 Å². The number of carbonyl (C=O) groups is 1. The normalized spacial score (nSPS) is 10.7. The van der Waals surface area contributed by atoms with Crippen molar-refractivity contribution in [3.05, 3.63) is 27.5 Å². The molecule has 1 heterocycles. The summed E-state index contributed by atoms with van der Waals surface area (Å²) in [6, 6.07) is 1.22. The molecule has 1 aromatic rings. The van der Waals surface area contributed by atoms with Gasteiger partial charge in [0.05, 0.1) is 19.2 Å². The molecule has 94 valence electrons. The van der Waals surface area contributed by atoms with E-state index in [4.69, 9.17) is 0 Å². The Morgan fingerprint density at radius 3 is 2.71 bits per heavy atom. The number of ether oxygens (including phenoxy) is 1. The van der Waals surface area contributed by atoms with Crippen LogP contribution in [0.1, 0.15) is 23.4 Å². The van der Waals surface area contributed by atoms with Crippen LogP contribution in [0.4, 0.5) is 8.78 Å². The van der Waals surface area contributed by atoms with Gasteiger partial charge < -0.3 is 4.74 Å². The van der Waals surface area contributed by atoms with Gasteiger partial charge in [0, 0.05) is 9.80 Å². The van der Waals surface area contributed by atoms with E-state index in [9.17, 15) is 13.6 Å². The molecule has 0 aromatic carbocycles. The van der Waals surface area contributed by atoms with Crippen LogP contribution in [-0.2, 0) is 21.3 Å². The number of aromatic nitrogens is 1. The van der Waals surface area contributed by atoms with Crippen molar-refractivity contribution >= 4 is 37.8 Å². The summed E-state index contributed by atoms with van der Waals surface area (Å²) in [6.45, 7) is 0. The molecule has 0 saturated heterocycles. The summed E-state index contributed by atoms with van der Waals surface area (Å²) in [5.74, 6) is -0.445. The summed E-state index contributed by atoms with van der Waals surface area (Å²) < 4.78 is 30.0. The number of methoxy groups -OCH3 is 1. The Kier molecular flexibility index (Phi) is 5.45. The fourth-order valence-corrected chi connectivity index (χ4v) is 2.30. The Hall–Kier alpha value is -0.560. The van der Waals surface area contributed by atoms with E-state index < -0.39 is 12.4 Å². The molecule has 0 saturated carbocycles. The van der Waals surface area contributed by atoms with Gasteiger partial charge in [-0.1, -0.05) is 31.9 Å². The average Bonchev–Trinajstić information content (AvgIpc) is 2.30. The molecule has 0 aliphatic heterocycles. The SMILES string of the molecule is COC(=O)Cc1c(Br)cc(C(F)F)nc1CBr. The number of rotatable bonds is 4. The van der Waals surface area contributed by atoms with Gasteiger partial charge in [-0.2, -0.15) is 0 Å². The lowest BCUT2D eigenvalue weighted by Crippen LogP contribution is -2.09. The minimum Gasteiger partial charge on any atom is -0.469 e. The van der Waals surface area contributed by atoms with Crippen LogP contribution in [-0.4, -0.2) is 18.1 Å². The second kappa shape index (κ2) is 6.39. The molecule has 0 radical (unpaired) electrons. The van der Waals surface area contributed by atoms with Crippen molar-refractivity contribution in [1.82, 2.24) is 4.98 Å². The van der Waals surface area contributed by atoms with Gasteiger partial charge >= 0.3 is 5.97 Å². The van der Waals surface area contributed by atoms with E-state index in [1.807, 2.05) is 0 Å². The average molecular weight is 373 g/mol. The van der Waals surface area contributed by atoms with Crippen LogP contribution < -0.4 is 0 Å². The van der Waals surface area contributed by atoms with Crippen molar-refractivity contribution < 1.29 is 18.3 Å². The van der Waals surface area contributed by atoms with Gasteiger partial charge in [-0.3, -0.25) is 9.78 Å². The second-order valence-corrected chi connectivity index (χ2v) is 4.56. The van der Waals surface area contributed by atoms with Crippen molar-refractivity contribution in [1.29, 1.82) is 0 Å². The predicted octanol–water partition coefficient (Wildman–Crippen LogP) is 3.39. The number of pyridine rings is 1. The molecule has 0 fully saturated rings. The maximum atomic E-state index is 12.5. The second-order valence-electron chi connectivity index (χ2n) is 3.14. The van der Waals surface area contributed by atoms with Crippen molar-refractivity contribution in [3.8, 4) is 0 Å². The number of esters is 1. The van der Waals surface area contributed by atoms with E-state index in [2.05, 4.69) is 41.6 Å². The van der Waals surface area contributed by atoms with E-state index in [0.29, 0.717) is 21.1 Å². The Bertz CT molecular complexity index is 427. The zero-order valence-electron chi connectivity index (χ0n) is 8.84. The lowest BCUT2D eigenvalue weighted by Gasteiger charge is -2.10. The fourth-order valence-electron chi connectivity index (χ4n) is 1.24. The lowest BCUT2D eigenvalue weighted by atomic mass is 10.1. The third-order valence-corrected chi connectivity index (χ3v) is 3.31. The molecular weight excluding hydrogens is 364 g/mol. The third kappa shape index (κ3) is 3.70. The minimum absolute atomic E-state index is 0.00542. The van der Waals surface area contributed by atoms with Gasteiger partial charge in [-0.05, 0) is 11.6 Å². The van der Waals surface area contributed by atoms with Gasteiger partial charge in [-0.15, -0.1) is 0 Å². The standard InChI is InChI=1S/C10H9Br2F2NO2/c1-17-9(16)2-5-6(12)3-7(10(13)14)15-8(5)4-11/h3,10H,2,4H2,1H3. The van der Waals surface area contributed by atoms with Gasteiger partial charge in [-0.25, -0.2) is 8.78 Å². The Morgan fingerprint density at radius 1 is 1.59 bits per heavy atom. The molecule has 0 aliphatic rings. The number of halogens is 4. The molecule has 0 bridgehead atoms. The number of hydrogen-bond donors (Lipinski definition) is 0. The van der Waals surface area contributed by atoms with Gasteiger partial charge in [0.25, 0.3) is 6.43 Å². The first kappa shape index (κ1) is 14.5. The van der Waals surface area contributed by atoms with E-state index in [-0.39, 0.29) is 12.1 Å². The first-order valence-electron chi connectivity index (χ1n) is 4.58. The molecule has 0 amide bonds. The Morgan fingerprint density at radius 2 is 2.24 bits per heavy atom. The summed E-state index contributed by atoms with van der Waals surface area (Å²) in [7, 11) is 1.27. The number of carbonyl (C=O) groups excluding carboxylic acids is 1. The highest BCUT2D eigenvalue weighted by Crippen LogP contribution is 2.27. The summed E-state index contributed by atoms with van der Waals surface area (Å²) in [5, 5.41) is 0.290. The molecule has 1 aromatic heterocycles. The monoisotopic (exact) mass is 371 g/mol. The largest absolute Gasteiger partial charge is 0.469 e. The van der Waals surface area contributed by atoms with E-state index in [1.165, 1.54) is 13.2 Å². The Balaban J connectivity index is 3.16. The van der Waals surface area contributed by atoms with Gasteiger partial charge in [0.15, 0.2) is 0 Å². The summed E-state index contributed by atoms with van der Waals surface area (Å²) in [4.78, 5) is 15.0. The molecule has 3 nitrogen and oxygen atoms in total. The molecule has 7 heteroatoms. The summed E-state index contributed by atoms with van der Waals surface area (Å²) >= 11 is 6.32. The first-order chi connectivity index (χ1) is 7.99. The topological polar surface area (TPSA) is 39.2 Å². The molecule has 17 heavy (non-hydrogen) atoms. The van der Waals surface area contributed by atoms with Crippen LogP contribution in [0.3, 0.4) is 0 Å². The molecule has 0 atom stereocenters. The van der Waals surface area contributed by atoms with E-state index >= 15 is 0 Å². The molecule has 0 spiro atoms. The van der Waals surface area contributed by atoms with Crippen molar-refractivity contribution in [3.63, 3.8) is 0 Å². The highest BCUT2D eigenvalue weighted by Gasteiger charge is 2.18. The van der Waals surface area contributed by atoms with Crippen LogP contribution in [0, 0.1) is 0 Å². The molecular formula is C10H9Br2F2NO2. The zero-order valence-corrected chi connectivity index (χ0v) is 12.0. The maximum absolute atomic E-state index is 12.5. The highest BCUT2D eigenvalue weighted by atomic mass is 79.9. The van der Waals surface area contributed by atoms with Gasteiger partial charge in [0.1, 0.15) is 5.69 Å². The van der Waals surface area contributed by atoms with Crippen molar-refractivity contribution in [2.45, 2.75) is 18.2 Å². The molecule has 0 aliphatic carbocycles. The van der Waals surface area contributed by atoms with E-state index in [1.54, 1.807) is 0 Å². The molecule has 0 N–H and O–H groups in total. The fraction of sp³-hybridized carbons (Fsp3) is 0.400. The van der Waals surface area contributed by atoms with Crippen molar-refractivity contribution in [2.75, 3.05) is 7.11 Å². The molecule has 1 rings (SSSR count). The van der Waals surface area contributed by atoms with Crippen LogP contribution in [0.5, 0.6) is 0 Å². The first-order valence-corrected chi connectivity index (χ1v) is 6.50. The summed E-state index contributed by atoms with van der Waals surface area (Å²) in [6.07, 6.45) is -2.65. The Labute approximate surface area is 114 Å². The number of hydrogen-bond acceptors (Lipinski definition) is 3. The smallest absolute Gasteiger partial charge is 0.310 e.